The summed E-state index contributed by atoms with van der Waals surface area (Å²) in [6.45, 7) is 17.5. The van der Waals surface area contributed by atoms with Crippen molar-refractivity contribution < 1.29 is 0 Å². The molecule has 0 aliphatic rings. The molecule has 0 N–H and O–H groups in total. The largest absolute Gasteiger partial charge is 0.0776 e. The van der Waals surface area contributed by atoms with E-state index in [9.17, 15) is 0 Å². The summed E-state index contributed by atoms with van der Waals surface area (Å²) < 4.78 is 0. The van der Waals surface area contributed by atoms with Gasteiger partial charge in [0, 0.05) is 5.41 Å². The van der Waals surface area contributed by atoms with Crippen molar-refractivity contribution in [2.45, 2.75) is 68.2 Å². The third-order valence-electron chi connectivity index (χ3n) is 6.32. The molecule has 0 nitrogen and oxygen atoms in total. The summed E-state index contributed by atoms with van der Waals surface area (Å²) >= 11 is 0. The second-order valence-corrected chi connectivity index (χ2v) is 10.1. The minimum Gasteiger partial charge on any atom is -0.0776 e. The standard InChI is InChI=1S/C19H24.C14H14.CH4/c1-13-7-14(2)10-17(9-13)19(5,6)18-11-15(3)8-16(4)12-18;1-11-3-7-13(8-4-11)14-9-5-12(2)6-10-14;/h7-12H,1-6H3;3-10H,1-2H3;1H4. The maximum atomic E-state index is 2.31. The van der Waals surface area contributed by atoms with Crippen LogP contribution in [0.4, 0.5) is 0 Å². The lowest BCUT2D eigenvalue weighted by Gasteiger charge is -2.28. The number of aryl methyl sites for hydroxylation is 6. The number of rotatable bonds is 3. The predicted octanol–water partition coefficient (Wildman–Crippen LogP) is 9.85. The van der Waals surface area contributed by atoms with Crippen molar-refractivity contribution in [1.82, 2.24) is 0 Å². The van der Waals surface area contributed by atoms with Gasteiger partial charge >= 0.3 is 0 Å². The van der Waals surface area contributed by atoms with Gasteiger partial charge in [0.25, 0.3) is 0 Å². The number of benzene rings is 4. The van der Waals surface area contributed by atoms with Crippen molar-refractivity contribution in [1.29, 1.82) is 0 Å². The highest BCUT2D eigenvalue weighted by Crippen LogP contribution is 2.33. The molecule has 0 spiro atoms. The third kappa shape index (κ3) is 6.94. The van der Waals surface area contributed by atoms with Crippen LogP contribution < -0.4 is 0 Å². The molecule has 0 atom stereocenters. The van der Waals surface area contributed by atoms with Gasteiger partial charge in [-0.2, -0.15) is 0 Å². The molecule has 0 fully saturated rings. The second kappa shape index (κ2) is 11.3. The van der Waals surface area contributed by atoms with Crippen molar-refractivity contribution in [2.24, 2.45) is 0 Å². The summed E-state index contributed by atoms with van der Waals surface area (Å²) in [6.07, 6.45) is 0. The minimum absolute atomic E-state index is 0. The molecule has 0 aliphatic heterocycles. The van der Waals surface area contributed by atoms with Crippen molar-refractivity contribution in [3.8, 4) is 11.1 Å². The monoisotopic (exact) mass is 450 g/mol. The van der Waals surface area contributed by atoms with E-state index < -0.39 is 0 Å². The first-order valence-corrected chi connectivity index (χ1v) is 11.9. The van der Waals surface area contributed by atoms with E-state index in [-0.39, 0.29) is 12.8 Å². The maximum absolute atomic E-state index is 2.31. The molecule has 0 radical (unpaired) electrons. The zero-order valence-corrected chi connectivity index (χ0v) is 21.6. The van der Waals surface area contributed by atoms with E-state index >= 15 is 0 Å². The zero-order valence-electron chi connectivity index (χ0n) is 21.6. The lowest BCUT2D eigenvalue weighted by molar-refractivity contribution is 0.638. The molecule has 0 heteroatoms. The van der Waals surface area contributed by atoms with Crippen LogP contribution in [0, 0.1) is 41.5 Å². The summed E-state index contributed by atoms with van der Waals surface area (Å²) in [5.74, 6) is 0. The van der Waals surface area contributed by atoms with E-state index in [1.54, 1.807) is 0 Å². The Labute approximate surface area is 208 Å². The Morgan fingerprint density at radius 3 is 0.912 bits per heavy atom. The van der Waals surface area contributed by atoms with Gasteiger partial charge in [0.15, 0.2) is 0 Å². The van der Waals surface area contributed by atoms with Gasteiger partial charge in [0.2, 0.25) is 0 Å². The van der Waals surface area contributed by atoms with E-state index in [1.165, 1.54) is 55.6 Å². The summed E-state index contributed by atoms with van der Waals surface area (Å²) in [4.78, 5) is 0. The maximum Gasteiger partial charge on any atom is 0.0146 e. The highest BCUT2D eigenvalue weighted by Gasteiger charge is 2.24. The summed E-state index contributed by atoms with van der Waals surface area (Å²) in [7, 11) is 0. The Hall–Kier alpha value is -3.12. The van der Waals surface area contributed by atoms with Crippen molar-refractivity contribution in [3.63, 3.8) is 0 Å². The Bertz CT molecular complexity index is 1070. The van der Waals surface area contributed by atoms with Gasteiger partial charge in [0.05, 0.1) is 0 Å². The van der Waals surface area contributed by atoms with Crippen LogP contribution in [0.3, 0.4) is 0 Å². The second-order valence-electron chi connectivity index (χ2n) is 10.1. The smallest absolute Gasteiger partial charge is 0.0146 e. The van der Waals surface area contributed by atoms with Crippen LogP contribution in [0.25, 0.3) is 11.1 Å². The number of hydrogen-bond donors (Lipinski definition) is 0. The van der Waals surface area contributed by atoms with Gasteiger partial charge < -0.3 is 0 Å². The van der Waals surface area contributed by atoms with Crippen molar-refractivity contribution >= 4 is 0 Å². The molecule has 0 aliphatic carbocycles. The summed E-state index contributed by atoms with van der Waals surface area (Å²) in [6, 6.07) is 31.0. The molecule has 4 aromatic carbocycles. The summed E-state index contributed by atoms with van der Waals surface area (Å²) in [5.41, 5.74) is 13.4. The quantitative estimate of drug-likeness (QED) is 0.291. The van der Waals surface area contributed by atoms with Gasteiger partial charge in [0.1, 0.15) is 0 Å². The fraction of sp³-hybridized carbons (Fsp3) is 0.294. The van der Waals surface area contributed by atoms with E-state index in [1.807, 2.05) is 0 Å². The predicted molar refractivity (Wildman–Crippen MR) is 152 cm³/mol. The molecule has 4 rings (SSSR count). The summed E-state index contributed by atoms with van der Waals surface area (Å²) in [5, 5.41) is 0. The van der Waals surface area contributed by atoms with Crippen LogP contribution in [-0.4, -0.2) is 0 Å². The van der Waals surface area contributed by atoms with Gasteiger partial charge in [-0.3, -0.25) is 0 Å². The molecule has 0 saturated carbocycles. The molecule has 34 heavy (non-hydrogen) atoms. The average Bonchev–Trinajstić information content (AvgIpc) is 2.74. The van der Waals surface area contributed by atoms with Crippen LogP contribution in [0.1, 0.15) is 65.8 Å². The Kier molecular flexibility index (Phi) is 9.05. The van der Waals surface area contributed by atoms with Crippen LogP contribution in [0.5, 0.6) is 0 Å². The fourth-order valence-electron chi connectivity index (χ4n) is 4.33. The van der Waals surface area contributed by atoms with E-state index in [2.05, 4.69) is 140 Å². The van der Waals surface area contributed by atoms with Crippen molar-refractivity contribution in [3.05, 3.63) is 129 Å². The average molecular weight is 451 g/mol. The lowest BCUT2D eigenvalue weighted by atomic mass is 9.76. The molecule has 0 heterocycles. The first kappa shape index (κ1) is 27.1. The fourth-order valence-corrected chi connectivity index (χ4v) is 4.33. The molecule has 0 amide bonds. The lowest BCUT2D eigenvalue weighted by Crippen LogP contribution is -2.19. The Morgan fingerprint density at radius 2 is 0.647 bits per heavy atom. The molecular weight excluding hydrogens is 408 g/mol. The highest BCUT2D eigenvalue weighted by atomic mass is 14.3. The van der Waals surface area contributed by atoms with Crippen LogP contribution >= 0.6 is 0 Å². The third-order valence-corrected chi connectivity index (χ3v) is 6.32. The molecule has 178 valence electrons. The van der Waals surface area contributed by atoms with Gasteiger partial charge in [-0.05, 0) is 63.8 Å². The Morgan fingerprint density at radius 1 is 0.382 bits per heavy atom. The van der Waals surface area contributed by atoms with Gasteiger partial charge in [-0.25, -0.2) is 0 Å². The van der Waals surface area contributed by atoms with E-state index in [4.69, 9.17) is 0 Å². The molecular formula is C34H42. The van der Waals surface area contributed by atoms with Crippen molar-refractivity contribution in [2.75, 3.05) is 0 Å². The van der Waals surface area contributed by atoms with Crippen LogP contribution in [0.15, 0.2) is 84.9 Å². The Balaban J connectivity index is 0.000000243. The van der Waals surface area contributed by atoms with Gasteiger partial charge in [-0.15, -0.1) is 0 Å². The van der Waals surface area contributed by atoms with Gasteiger partial charge in [-0.1, -0.05) is 140 Å². The molecule has 0 saturated heterocycles. The molecule has 0 unspecified atom stereocenters. The zero-order chi connectivity index (χ0) is 24.2. The SMILES string of the molecule is C.Cc1cc(C)cc(C(C)(C)c2cc(C)cc(C)c2)c1.Cc1ccc(-c2ccc(C)cc2)cc1. The first-order chi connectivity index (χ1) is 15.5. The van der Waals surface area contributed by atoms with E-state index in [0.29, 0.717) is 0 Å². The molecule has 0 bridgehead atoms. The van der Waals surface area contributed by atoms with Crippen LogP contribution in [-0.2, 0) is 5.41 Å². The first-order valence-electron chi connectivity index (χ1n) is 11.9. The normalized spacial score (nSPS) is 10.7. The highest BCUT2D eigenvalue weighted by molar-refractivity contribution is 5.63. The van der Waals surface area contributed by atoms with E-state index in [0.717, 1.165) is 0 Å². The molecule has 0 aromatic heterocycles. The van der Waals surface area contributed by atoms with Crippen LogP contribution in [0.2, 0.25) is 0 Å². The minimum atomic E-state index is 0. The topological polar surface area (TPSA) is 0 Å². The number of hydrogen-bond acceptors (Lipinski definition) is 0. The molecule has 4 aromatic rings.